The lowest BCUT2D eigenvalue weighted by Gasteiger charge is -2.32. The maximum atomic E-state index is 13.7. The molecule has 0 N–H and O–H groups in total. The molecule has 1 aliphatic carbocycles. The Labute approximate surface area is 240 Å². The predicted molar refractivity (Wildman–Crippen MR) is 157 cm³/mol. The zero-order valence-corrected chi connectivity index (χ0v) is 22.4. The van der Waals surface area contributed by atoms with E-state index in [1.807, 2.05) is 18.2 Å². The van der Waals surface area contributed by atoms with Gasteiger partial charge in [0.25, 0.3) is 23.6 Å². The Morgan fingerprint density at radius 2 is 1.26 bits per heavy atom. The molecule has 0 saturated heterocycles. The monoisotopic (exact) mass is 554 g/mol. The van der Waals surface area contributed by atoms with E-state index >= 15 is 0 Å². The molecule has 0 radical (unpaired) electrons. The van der Waals surface area contributed by atoms with Crippen molar-refractivity contribution in [1.82, 2.24) is 0 Å². The quantitative estimate of drug-likeness (QED) is 0.223. The fraction of sp³-hybridized carbons (Fsp3) is 0.0882. The number of benzene rings is 4. The van der Waals surface area contributed by atoms with Crippen molar-refractivity contribution in [2.45, 2.75) is 13.3 Å². The van der Waals surface area contributed by atoms with Gasteiger partial charge in [0.15, 0.2) is 0 Å². The molecule has 0 bridgehead atoms. The first-order valence-corrected chi connectivity index (χ1v) is 13.5. The lowest BCUT2D eigenvalue weighted by molar-refractivity contribution is 0.0525. The third-order valence-corrected chi connectivity index (χ3v) is 7.74. The fourth-order valence-electron chi connectivity index (χ4n) is 5.81. The van der Waals surface area contributed by atoms with E-state index in [-0.39, 0.29) is 50.9 Å². The molecule has 8 heteroatoms. The van der Waals surface area contributed by atoms with E-state index in [2.05, 4.69) is 12.2 Å². The second-order valence-corrected chi connectivity index (χ2v) is 10.1. The van der Waals surface area contributed by atoms with Gasteiger partial charge in [0.1, 0.15) is 0 Å². The second-order valence-electron chi connectivity index (χ2n) is 10.1. The number of hydrogen-bond acceptors (Lipinski definition) is 6. The lowest BCUT2D eigenvalue weighted by Crippen LogP contribution is -2.43. The van der Waals surface area contributed by atoms with Crippen LogP contribution in [-0.2, 0) is 4.74 Å². The topological polar surface area (TPSA) is 101 Å². The number of imide groups is 2. The number of esters is 1. The number of ether oxygens (including phenoxy) is 1. The van der Waals surface area contributed by atoms with Crippen LogP contribution in [0.3, 0.4) is 0 Å². The SMILES string of the molecule is CCOC(=O)c1cccc(N2C(=O)c3ccc4c5c(ccc(c35)C2=O)C(=O)N(c2ccc(C3=CCC=C3)cc2)C4=O)c1. The number of amides is 4. The summed E-state index contributed by atoms with van der Waals surface area (Å²) in [6.07, 6.45) is 7.06. The molecule has 42 heavy (non-hydrogen) atoms. The molecule has 0 fully saturated rings. The van der Waals surface area contributed by atoms with E-state index in [0.717, 1.165) is 27.4 Å². The van der Waals surface area contributed by atoms with E-state index in [4.69, 9.17) is 4.74 Å². The standard InChI is InChI=1S/C34H22N2O6/c1-2-42-34(41)21-8-5-9-23(18-21)36-32(39)26-16-14-24-28-25(15-17-27(29(26)28)33(36)40)31(38)35(30(24)37)22-12-10-20(11-13-22)19-6-3-4-7-19/h3,5-18H,2,4H2,1H3. The molecule has 4 aromatic rings. The Balaban J connectivity index is 1.30. The van der Waals surface area contributed by atoms with E-state index < -0.39 is 29.6 Å². The minimum Gasteiger partial charge on any atom is -0.462 e. The third kappa shape index (κ3) is 3.65. The van der Waals surface area contributed by atoms with Crippen molar-refractivity contribution in [3.05, 3.63) is 124 Å². The third-order valence-electron chi connectivity index (χ3n) is 7.74. The van der Waals surface area contributed by atoms with Gasteiger partial charge in [-0.25, -0.2) is 14.6 Å². The van der Waals surface area contributed by atoms with Crippen molar-refractivity contribution in [2.75, 3.05) is 16.4 Å². The molecular weight excluding hydrogens is 532 g/mol. The first-order chi connectivity index (χ1) is 20.4. The zero-order valence-electron chi connectivity index (χ0n) is 22.4. The number of rotatable bonds is 5. The van der Waals surface area contributed by atoms with Crippen molar-refractivity contribution in [2.24, 2.45) is 0 Å². The number of carbonyl (C=O) groups is 5. The number of carbonyl (C=O) groups excluding carboxylic acids is 5. The molecule has 7 rings (SSSR count). The molecule has 4 aromatic carbocycles. The predicted octanol–water partition coefficient (Wildman–Crippen LogP) is 5.96. The smallest absolute Gasteiger partial charge is 0.338 e. The van der Waals surface area contributed by atoms with Gasteiger partial charge < -0.3 is 4.74 Å². The number of nitrogens with zero attached hydrogens (tertiary/aromatic N) is 2. The maximum absolute atomic E-state index is 13.7. The van der Waals surface area contributed by atoms with E-state index in [1.165, 1.54) is 30.3 Å². The fourth-order valence-corrected chi connectivity index (χ4v) is 5.81. The van der Waals surface area contributed by atoms with E-state index in [1.54, 1.807) is 37.3 Å². The maximum Gasteiger partial charge on any atom is 0.338 e. The van der Waals surface area contributed by atoms with E-state index in [0.29, 0.717) is 5.69 Å². The van der Waals surface area contributed by atoms with Gasteiger partial charge in [-0.05, 0) is 79.1 Å². The van der Waals surface area contributed by atoms with Crippen molar-refractivity contribution in [3.8, 4) is 0 Å². The van der Waals surface area contributed by atoms with Crippen molar-refractivity contribution in [3.63, 3.8) is 0 Å². The normalized spacial score (nSPS) is 15.5. The first kappa shape index (κ1) is 25.3. The van der Waals surface area contributed by atoms with Gasteiger partial charge in [-0.1, -0.05) is 36.4 Å². The molecule has 4 amide bonds. The van der Waals surface area contributed by atoms with Crippen LogP contribution in [0.2, 0.25) is 0 Å². The van der Waals surface area contributed by atoms with Gasteiger partial charge in [-0.3, -0.25) is 19.2 Å². The molecule has 0 aromatic heterocycles. The highest BCUT2D eigenvalue weighted by Crippen LogP contribution is 2.40. The van der Waals surface area contributed by atoms with Crippen LogP contribution < -0.4 is 9.80 Å². The molecule has 0 saturated carbocycles. The van der Waals surface area contributed by atoms with E-state index in [9.17, 15) is 24.0 Å². The van der Waals surface area contributed by atoms with Crippen molar-refractivity contribution >= 4 is 57.3 Å². The molecule has 204 valence electrons. The number of anilines is 2. The molecule has 2 heterocycles. The average molecular weight is 555 g/mol. The van der Waals surface area contributed by atoms with Crippen LogP contribution in [0.5, 0.6) is 0 Å². The summed E-state index contributed by atoms with van der Waals surface area (Å²) in [4.78, 5) is 69.4. The van der Waals surface area contributed by atoms with Gasteiger partial charge >= 0.3 is 5.97 Å². The highest BCUT2D eigenvalue weighted by Gasteiger charge is 2.40. The Morgan fingerprint density at radius 3 is 1.76 bits per heavy atom. The summed E-state index contributed by atoms with van der Waals surface area (Å²) < 4.78 is 5.06. The summed E-state index contributed by atoms with van der Waals surface area (Å²) in [6.45, 7) is 1.87. The van der Waals surface area contributed by atoms with Crippen LogP contribution >= 0.6 is 0 Å². The summed E-state index contributed by atoms with van der Waals surface area (Å²) in [5.74, 6) is -2.88. The summed E-state index contributed by atoms with van der Waals surface area (Å²) in [6, 6.07) is 19.4. The van der Waals surface area contributed by atoms with Crippen LogP contribution in [0.1, 0.15) is 70.7 Å². The van der Waals surface area contributed by atoms with Crippen LogP contribution in [0.15, 0.2) is 91.0 Å². The Bertz CT molecular complexity index is 1900. The van der Waals surface area contributed by atoms with Gasteiger partial charge in [0.05, 0.1) is 23.5 Å². The molecule has 2 aliphatic heterocycles. The Morgan fingerprint density at radius 1 is 0.714 bits per heavy atom. The minimum atomic E-state index is -0.620. The Hall–Kier alpha value is -5.63. The largest absolute Gasteiger partial charge is 0.462 e. The molecule has 0 spiro atoms. The summed E-state index contributed by atoms with van der Waals surface area (Å²) >= 11 is 0. The molecule has 0 atom stereocenters. The van der Waals surface area contributed by atoms with Crippen molar-refractivity contribution in [1.29, 1.82) is 0 Å². The van der Waals surface area contributed by atoms with Gasteiger partial charge in [0, 0.05) is 33.0 Å². The van der Waals surface area contributed by atoms with Crippen LogP contribution in [0.4, 0.5) is 11.4 Å². The highest BCUT2D eigenvalue weighted by atomic mass is 16.5. The van der Waals surface area contributed by atoms with Gasteiger partial charge in [-0.2, -0.15) is 0 Å². The number of hydrogen-bond donors (Lipinski definition) is 0. The van der Waals surface area contributed by atoms with Crippen LogP contribution in [0.25, 0.3) is 16.3 Å². The lowest BCUT2D eigenvalue weighted by atomic mass is 9.85. The summed E-state index contributed by atoms with van der Waals surface area (Å²) in [5.41, 5.74) is 3.73. The minimum absolute atomic E-state index is 0.181. The second kappa shape index (κ2) is 9.49. The van der Waals surface area contributed by atoms with Crippen LogP contribution in [0, 0.1) is 0 Å². The molecular formula is C34H22N2O6. The average Bonchev–Trinajstić information content (AvgIpc) is 3.55. The number of allylic oxidation sites excluding steroid dienone is 4. The first-order valence-electron chi connectivity index (χ1n) is 13.5. The van der Waals surface area contributed by atoms with Crippen LogP contribution in [-0.4, -0.2) is 36.2 Å². The Kier molecular flexibility index (Phi) is 5.72. The van der Waals surface area contributed by atoms with Gasteiger partial charge in [-0.15, -0.1) is 0 Å². The molecule has 3 aliphatic rings. The summed E-state index contributed by atoms with van der Waals surface area (Å²) in [7, 11) is 0. The van der Waals surface area contributed by atoms with Gasteiger partial charge in [0.2, 0.25) is 0 Å². The zero-order chi connectivity index (χ0) is 29.1. The highest BCUT2D eigenvalue weighted by molar-refractivity contribution is 6.42. The molecule has 0 unspecified atom stereocenters. The summed E-state index contributed by atoms with van der Waals surface area (Å²) in [5, 5.41) is 0.560. The van der Waals surface area contributed by atoms with Crippen molar-refractivity contribution < 1.29 is 28.7 Å². The molecule has 8 nitrogen and oxygen atoms in total.